The molecule has 0 unspecified atom stereocenters. The van der Waals surface area contributed by atoms with E-state index in [-0.39, 0.29) is 12.5 Å². The van der Waals surface area contributed by atoms with E-state index in [4.69, 9.17) is 0 Å². The van der Waals surface area contributed by atoms with Gasteiger partial charge >= 0.3 is 0 Å². The normalized spacial score (nSPS) is 17.2. The lowest BCUT2D eigenvalue weighted by Gasteiger charge is -2.24. The largest absolute Gasteiger partial charge is 0.340 e. The number of hydrogen-bond acceptors (Lipinski definition) is 5. The highest BCUT2D eigenvalue weighted by Gasteiger charge is 2.28. The maximum atomic E-state index is 12.5. The van der Waals surface area contributed by atoms with E-state index in [9.17, 15) is 13.2 Å². The second-order valence-electron chi connectivity index (χ2n) is 6.14. The standard InChI is InChI=1S/C15H22N6O3S/c1-18(2)25(23,24)20-9-5-8-19(10-11-20)15(22)12-21-16-13-6-3-4-7-14(13)17-21/h3-4,6-7H,5,8-12H2,1-2H3. The minimum absolute atomic E-state index is 0.0507. The zero-order chi connectivity index (χ0) is 18.0. The molecule has 0 N–H and O–H groups in total. The lowest BCUT2D eigenvalue weighted by Crippen LogP contribution is -2.43. The number of benzene rings is 1. The third-order valence-electron chi connectivity index (χ3n) is 4.20. The van der Waals surface area contributed by atoms with E-state index in [2.05, 4.69) is 10.2 Å². The lowest BCUT2D eigenvalue weighted by atomic mass is 10.3. The summed E-state index contributed by atoms with van der Waals surface area (Å²) in [5.74, 6) is -0.107. The molecule has 0 spiro atoms. The highest BCUT2D eigenvalue weighted by molar-refractivity contribution is 7.86. The van der Waals surface area contributed by atoms with Gasteiger partial charge < -0.3 is 4.90 Å². The van der Waals surface area contributed by atoms with Crippen molar-refractivity contribution in [1.82, 2.24) is 28.5 Å². The minimum atomic E-state index is -3.45. The maximum Gasteiger partial charge on any atom is 0.281 e. The van der Waals surface area contributed by atoms with Gasteiger partial charge in [-0.2, -0.15) is 32.0 Å². The third kappa shape index (κ3) is 3.80. The van der Waals surface area contributed by atoms with Crippen LogP contribution in [0.4, 0.5) is 0 Å². The Morgan fingerprint density at radius 2 is 1.72 bits per heavy atom. The summed E-state index contributed by atoms with van der Waals surface area (Å²) in [6.07, 6.45) is 0.604. The van der Waals surface area contributed by atoms with E-state index < -0.39 is 10.2 Å². The van der Waals surface area contributed by atoms with Crippen molar-refractivity contribution in [3.8, 4) is 0 Å². The molecule has 136 valence electrons. The number of carbonyl (C=O) groups excluding carboxylic acids is 1. The van der Waals surface area contributed by atoms with E-state index in [0.717, 1.165) is 11.0 Å². The molecule has 1 aliphatic heterocycles. The van der Waals surface area contributed by atoms with Gasteiger partial charge in [0.25, 0.3) is 10.2 Å². The van der Waals surface area contributed by atoms with Crippen molar-refractivity contribution in [2.75, 3.05) is 40.3 Å². The second kappa shape index (κ2) is 7.06. The van der Waals surface area contributed by atoms with Crippen LogP contribution in [0.2, 0.25) is 0 Å². The van der Waals surface area contributed by atoms with Gasteiger partial charge in [-0.15, -0.1) is 0 Å². The summed E-state index contributed by atoms with van der Waals surface area (Å²) in [4.78, 5) is 15.6. The molecule has 1 saturated heterocycles. The molecule has 0 aliphatic carbocycles. The van der Waals surface area contributed by atoms with Crippen molar-refractivity contribution in [2.24, 2.45) is 0 Å². The van der Waals surface area contributed by atoms with Crippen LogP contribution < -0.4 is 0 Å². The van der Waals surface area contributed by atoms with Gasteiger partial charge in [0, 0.05) is 40.3 Å². The van der Waals surface area contributed by atoms with Gasteiger partial charge in [-0.3, -0.25) is 4.79 Å². The van der Waals surface area contributed by atoms with Gasteiger partial charge in [0.2, 0.25) is 5.91 Å². The van der Waals surface area contributed by atoms with Gasteiger partial charge in [-0.05, 0) is 18.6 Å². The Morgan fingerprint density at radius 3 is 2.32 bits per heavy atom. The molecule has 1 aromatic carbocycles. The summed E-state index contributed by atoms with van der Waals surface area (Å²) in [7, 11) is -0.428. The molecule has 3 rings (SSSR count). The predicted octanol–water partition coefficient (Wildman–Crippen LogP) is -0.228. The van der Waals surface area contributed by atoms with Gasteiger partial charge in [0.05, 0.1) is 0 Å². The summed E-state index contributed by atoms with van der Waals surface area (Å²) >= 11 is 0. The van der Waals surface area contributed by atoms with Crippen LogP contribution in [0.25, 0.3) is 11.0 Å². The molecule has 2 heterocycles. The molecule has 10 heteroatoms. The number of rotatable bonds is 4. The van der Waals surface area contributed by atoms with Gasteiger partial charge in [0.1, 0.15) is 17.6 Å². The first kappa shape index (κ1) is 17.8. The van der Waals surface area contributed by atoms with Crippen LogP contribution >= 0.6 is 0 Å². The minimum Gasteiger partial charge on any atom is -0.340 e. The Bertz CT molecular complexity index is 830. The Labute approximate surface area is 147 Å². The first-order chi connectivity index (χ1) is 11.9. The van der Waals surface area contributed by atoms with Gasteiger partial charge in [-0.1, -0.05) is 12.1 Å². The third-order valence-corrected chi connectivity index (χ3v) is 6.14. The van der Waals surface area contributed by atoms with Crippen LogP contribution in [0.15, 0.2) is 24.3 Å². The van der Waals surface area contributed by atoms with E-state index in [1.165, 1.54) is 27.5 Å². The highest BCUT2D eigenvalue weighted by Crippen LogP contribution is 2.11. The van der Waals surface area contributed by atoms with Crippen LogP contribution in [-0.4, -0.2) is 83.1 Å². The Hall–Kier alpha value is -2.04. The van der Waals surface area contributed by atoms with Crippen molar-refractivity contribution in [1.29, 1.82) is 0 Å². The smallest absolute Gasteiger partial charge is 0.281 e. The van der Waals surface area contributed by atoms with Crippen LogP contribution in [0.3, 0.4) is 0 Å². The molecule has 0 radical (unpaired) electrons. The average Bonchev–Trinajstić information content (AvgIpc) is 2.80. The van der Waals surface area contributed by atoms with Crippen LogP contribution in [0, 0.1) is 0 Å². The number of hydrogen-bond donors (Lipinski definition) is 0. The van der Waals surface area contributed by atoms with Crippen molar-refractivity contribution < 1.29 is 13.2 Å². The summed E-state index contributed by atoms with van der Waals surface area (Å²) in [5, 5.41) is 8.59. The first-order valence-corrected chi connectivity index (χ1v) is 9.53. The summed E-state index contributed by atoms with van der Waals surface area (Å²) in [6.45, 7) is 1.65. The van der Waals surface area contributed by atoms with Crippen molar-refractivity contribution in [3.05, 3.63) is 24.3 Å². The molecule has 25 heavy (non-hydrogen) atoms. The zero-order valence-corrected chi connectivity index (χ0v) is 15.2. The molecule has 1 fully saturated rings. The fourth-order valence-electron chi connectivity index (χ4n) is 2.80. The molecule has 1 aromatic heterocycles. The number of fused-ring (bicyclic) bond motifs is 1. The first-order valence-electron chi connectivity index (χ1n) is 8.13. The highest BCUT2D eigenvalue weighted by atomic mass is 32.2. The molecule has 2 aromatic rings. The Morgan fingerprint density at radius 1 is 1.08 bits per heavy atom. The van der Waals surface area contributed by atoms with E-state index in [1.807, 2.05) is 24.3 Å². The Balaban J connectivity index is 1.65. The van der Waals surface area contributed by atoms with Crippen molar-refractivity contribution >= 4 is 27.1 Å². The zero-order valence-electron chi connectivity index (χ0n) is 14.4. The second-order valence-corrected chi connectivity index (χ2v) is 8.29. The molecular formula is C15H22N6O3S. The van der Waals surface area contributed by atoms with E-state index in [1.54, 1.807) is 4.90 Å². The summed E-state index contributed by atoms with van der Waals surface area (Å²) in [5.41, 5.74) is 1.49. The SMILES string of the molecule is CN(C)S(=O)(=O)N1CCCN(C(=O)Cn2nc3ccccc3n2)CC1. The predicted molar refractivity (Wildman–Crippen MR) is 92.9 cm³/mol. The van der Waals surface area contributed by atoms with Gasteiger partial charge in [-0.25, -0.2) is 0 Å². The quantitative estimate of drug-likeness (QED) is 0.746. The van der Waals surface area contributed by atoms with E-state index in [0.29, 0.717) is 32.6 Å². The van der Waals surface area contributed by atoms with Crippen LogP contribution in [0.5, 0.6) is 0 Å². The van der Waals surface area contributed by atoms with Crippen molar-refractivity contribution in [2.45, 2.75) is 13.0 Å². The van der Waals surface area contributed by atoms with Gasteiger partial charge in [0.15, 0.2) is 0 Å². The number of amides is 1. The maximum absolute atomic E-state index is 12.5. The monoisotopic (exact) mass is 366 g/mol. The lowest BCUT2D eigenvalue weighted by molar-refractivity contribution is -0.132. The molecule has 0 saturated carbocycles. The molecule has 9 nitrogen and oxygen atoms in total. The summed E-state index contributed by atoms with van der Waals surface area (Å²) in [6, 6.07) is 7.44. The molecule has 0 bridgehead atoms. The fraction of sp³-hybridized carbons (Fsp3) is 0.533. The van der Waals surface area contributed by atoms with Crippen LogP contribution in [-0.2, 0) is 21.5 Å². The van der Waals surface area contributed by atoms with Crippen LogP contribution in [0.1, 0.15) is 6.42 Å². The number of carbonyl (C=O) groups is 1. The molecule has 0 atom stereocenters. The topological polar surface area (TPSA) is 91.6 Å². The molecule has 1 amide bonds. The number of aromatic nitrogens is 3. The number of nitrogens with zero attached hydrogens (tertiary/aromatic N) is 6. The average molecular weight is 366 g/mol. The van der Waals surface area contributed by atoms with E-state index >= 15 is 0 Å². The van der Waals surface area contributed by atoms with Crippen molar-refractivity contribution in [3.63, 3.8) is 0 Å². The Kier molecular flexibility index (Phi) is 5.02. The molecule has 1 aliphatic rings. The summed E-state index contributed by atoms with van der Waals surface area (Å²) < 4.78 is 27.1. The molecular weight excluding hydrogens is 344 g/mol. The fourth-order valence-corrected chi connectivity index (χ4v) is 3.93.